The molecule has 2 unspecified atom stereocenters. The van der Waals surface area contributed by atoms with Crippen LogP contribution in [0.1, 0.15) is 23.4 Å². The second kappa shape index (κ2) is 8.13. The van der Waals surface area contributed by atoms with E-state index in [9.17, 15) is 21.9 Å². The molecule has 0 saturated heterocycles. The van der Waals surface area contributed by atoms with Gasteiger partial charge in [0.25, 0.3) is 0 Å². The maximum Gasteiger partial charge on any atom is 0.573 e. The molecule has 3 aromatic rings. The van der Waals surface area contributed by atoms with Crippen molar-refractivity contribution in [3.63, 3.8) is 0 Å². The van der Waals surface area contributed by atoms with Gasteiger partial charge in [0, 0.05) is 16.4 Å². The van der Waals surface area contributed by atoms with Crippen molar-refractivity contribution in [1.82, 2.24) is 14.8 Å². The molecule has 0 aliphatic carbocycles. The number of rotatable bonds is 5. The topological polar surface area (TPSA) is 80.1 Å². The van der Waals surface area contributed by atoms with E-state index < -0.39 is 22.7 Å². The van der Waals surface area contributed by atoms with Gasteiger partial charge in [0.05, 0.1) is 11.9 Å². The zero-order valence-corrected chi connectivity index (χ0v) is 16.7. The van der Waals surface area contributed by atoms with Crippen LogP contribution in [0.3, 0.4) is 0 Å². The van der Waals surface area contributed by atoms with Crippen LogP contribution in [0.5, 0.6) is 5.75 Å². The van der Waals surface area contributed by atoms with E-state index in [1.54, 1.807) is 13.0 Å². The molecule has 0 N–H and O–H groups in total. The molecule has 0 aliphatic heterocycles. The number of pyridine rings is 1. The quantitative estimate of drug-likeness (QED) is 0.419. The Morgan fingerprint density at radius 2 is 1.86 bits per heavy atom. The van der Waals surface area contributed by atoms with Gasteiger partial charge in [-0.2, -0.15) is 5.10 Å². The minimum Gasteiger partial charge on any atom is -0.772 e. The first-order valence-electron chi connectivity index (χ1n) is 8.22. The minimum atomic E-state index is -4.77. The van der Waals surface area contributed by atoms with Crippen LogP contribution in [0.4, 0.5) is 13.2 Å². The Morgan fingerprint density at radius 3 is 2.45 bits per heavy atom. The first kappa shape index (κ1) is 21.3. The number of alkyl halides is 3. The molecule has 154 valence electrons. The van der Waals surface area contributed by atoms with Gasteiger partial charge in [0.2, 0.25) is 0 Å². The molecule has 2 heterocycles. The van der Waals surface area contributed by atoms with Gasteiger partial charge in [-0.3, -0.25) is 4.21 Å². The molecular weight excluding hydrogens is 431 g/mol. The van der Waals surface area contributed by atoms with Crippen LogP contribution in [0.25, 0.3) is 16.9 Å². The van der Waals surface area contributed by atoms with Crippen molar-refractivity contribution in [2.45, 2.75) is 25.5 Å². The van der Waals surface area contributed by atoms with Crippen LogP contribution in [-0.2, 0) is 11.1 Å². The Labute approximate surface area is 171 Å². The van der Waals surface area contributed by atoms with Crippen molar-refractivity contribution in [2.24, 2.45) is 0 Å². The Balaban J connectivity index is 2.01. The van der Waals surface area contributed by atoms with Crippen molar-refractivity contribution in [2.75, 3.05) is 0 Å². The van der Waals surface area contributed by atoms with Crippen LogP contribution >= 0.6 is 11.6 Å². The summed E-state index contributed by atoms with van der Waals surface area (Å²) in [5.74, 6) is -0.0770. The third kappa shape index (κ3) is 4.77. The molecule has 0 saturated carbocycles. The number of aromatic nitrogens is 3. The average Bonchev–Trinajstić information content (AvgIpc) is 3.01. The highest BCUT2D eigenvalue weighted by Gasteiger charge is 2.31. The van der Waals surface area contributed by atoms with Crippen molar-refractivity contribution >= 4 is 22.7 Å². The number of hydrogen-bond acceptors (Lipinski definition) is 5. The largest absolute Gasteiger partial charge is 0.772 e. The molecule has 0 fully saturated rings. The van der Waals surface area contributed by atoms with Gasteiger partial charge < -0.3 is 9.29 Å². The first-order valence-corrected chi connectivity index (χ1v) is 9.74. The van der Waals surface area contributed by atoms with Gasteiger partial charge in [-0.15, -0.1) is 13.2 Å². The van der Waals surface area contributed by atoms with Crippen LogP contribution in [-0.4, -0.2) is 29.9 Å². The fourth-order valence-electron chi connectivity index (χ4n) is 2.77. The molecule has 3 rings (SSSR count). The Bertz CT molecular complexity index is 1050. The molecule has 0 spiro atoms. The normalized spacial score (nSPS) is 13.9. The molecule has 0 radical (unpaired) electrons. The Hall–Kier alpha value is -2.43. The molecule has 29 heavy (non-hydrogen) atoms. The molecule has 11 heteroatoms. The summed E-state index contributed by atoms with van der Waals surface area (Å²) in [5, 5.41) is 3.59. The summed E-state index contributed by atoms with van der Waals surface area (Å²) in [6.07, 6.45) is -3.25. The molecule has 0 aliphatic rings. The van der Waals surface area contributed by atoms with Crippen molar-refractivity contribution < 1.29 is 26.7 Å². The maximum atomic E-state index is 12.3. The lowest BCUT2D eigenvalue weighted by Crippen LogP contribution is -2.16. The Morgan fingerprint density at radius 1 is 1.21 bits per heavy atom. The van der Waals surface area contributed by atoms with Crippen LogP contribution in [0, 0.1) is 6.92 Å². The third-order valence-electron chi connectivity index (χ3n) is 4.21. The van der Waals surface area contributed by atoms with Gasteiger partial charge in [0.15, 0.2) is 5.82 Å². The molecular formula is C18H14ClF3N3O3S-. The number of nitrogens with zero attached hydrogens (tertiary/aromatic N) is 3. The van der Waals surface area contributed by atoms with Gasteiger partial charge in [-0.05, 0) is 48.7 Å². The number of halogens is 4. The summed E-state index contributed by atoms with van der Waals surface area (Å²) < 4.78 is 65.1. The van der Waals surface area contributed by atoms with E-state index in [1.165, 1.54) is 48.1 Å². The summed E-state index contributed by atoms with van der Waals surface area (Å²) in [6.45, 7) is 3.24. The lowest BCUT2D eigenvalue weighted by atomic mass is 10.1. The predicted octanol–water partition coefficient (Wildman–Crippen LogP) is 4.73. The fraction of sp³-hybridized carbons (Fsp3) is 0.222. The number of ether oxygens (including phenoxy) is 1. The fourth-order valence-corrected chi connectivity index (χ4v) is 3.30. The van der Waals surface area contributed by atoms with Crippen molar-refractivity contribution in [3.05, 3.63) is 59.0 Å². The first-order chi connectivity index (χ1) is 13.6. The van der Waals surface area contributed by atoms with Crippen LogP contribution in [0.2, 0.25) is 5.15 Å². The van der Waals surface area contributed by atoms with E-state index in [-0.39, 0.29) is 16.7 Å². The molecule has 6 nitrogen and oxygen atoms in total. The Kier molecular flexibility index (Phi) is 5.97. The van der Waals surface area contributed by atoms with Gasteiger partial charge in [-0.25, -0.2) is 9.67 Å². The zero-order chi connectivity index (χ0) is 21.3. The second-order valence-corrected chi connectivity index (χ2v) is 7.69. The van der Waals surface area contributed by atoms with E-state index in [4.69, 9.17) is 11.6 Å². The van der Waals surface area contributed by atoms with Crippen molar-refractivity contribution in [3.8, 4) is 22.7 Å². The lowest BCUT2D eigenvalue weighted by Gasteiger charge is -2.19. The zero-order valence-electron chi connectivity index (χ0n) is 15.1. The molecule has 2 aromatic heterocycles. The lowest BCUT2D eigenvalue weighted by molar-refractivity contribution is -0.274. The number of benzene rings is 1. The summed E-state index contributed by atoms with van der Waals surface area (Å²) in [7, 11) is 0. The summed E-state index contributed by atoms with van der Waals surface area (Å²) in [6, 6.07) is 8.39. The highest BCUT2D eigenvalue weighted by molar-refractivity contribution is 7.79. The SMILES string of the molecule is Cc1c(-c2ccc(OC(F)(F)F)cc2)cnn1-c1nc(Cl)ccc1C(C)S(=O)[O-]. The van der Waals surface area contributed by atoms with E-state index in [1.807, 2.05) is 0 Å². The van der Waals surface area contributed by atoms with Crippen LogP contribution < -0.4 is 4.74 Å². The maximum absolute atomic E-state index is 12.3. The summed E-state index contributed by atoms with van der Waals surface area (Å²) in [5.41, 5.74) is 2.25. The highest BCUT2D eigenvalue weighted by Crippen LogP contribution is 2.31. The van der Waals surface area contributed by atoms with E-state index >= 15 is 0 Å². The van der Waals surface area contributed by atoms with E-state index in [0.29, 0.717) is 22.4 Å². The number of hydrogen-bond donors (Lipinski definition) is 0. The minimum absolute atomic E-state index is 0.165. The summed E-state index contributed by atoms with van der Waals surface area (Å²) in [4.78, 5) is 4.22. The van der Waals surface area contributed by atoms with E-state index in [2.05, 4.69) is 14.8 Å². The monoisotopic (exact) mass is 444 g/mol. The van der Waals surface area contributed by atoms with Crippen molar-refractivity contribution in [1.29, 1.82) is 0 Å². The second-order valence-electron chi connectivity index (χ2n) is 6.08. The van der Waals surface area contributed by atoms with Gasteiger partial charge >= 0.3 is 6.36 Å². The smallest absolute Gasteiger partial charge is 0.573 e. The van der Waals surface area contributed by atoms with E-state index in [0.717, 1.165) is 0 Å². The third-order valence-corrected chi connectivity index (χ3v) is 5.25. The predicted molar refractivity (Wildman–Crippen MR) is 101 cm³/mol. The molecule has 0 bridgehead atoms. The molecule has 2 atom stereocenters. The molecule has 1 aromatic carbocycles. The summed E-state index contributed by atoms with van der Waals surface area (Å²) >= 11 is 3.61. The van der Waals surface area contributed by atoms with Gasteiger partial charge in [-0.1, -0.05) is 29.8 Å². The average molecular weight is 445 g/mol. The van der Waals surface area contributed by atoms with Crippen LogP contribution in [0.15, 0.2) is 42.6 Å². The van der Waals surface area contributed by atoms with Gasteiger partial charge in [0.1, 0.15) is 10.9 Å². The standard InChI is InChI=1S/C18H15ClF3N3O3S/c1-10-15(12-3-5-13(6-4-12)28-18(20,21)22)9-23-25(10)17-14(11(2)29(26)27)7-8-16(19)24-17/h3-9,11H,1-2H3,(H,26,27)/p-1. The highest BCUT2D eigenvalue weighted by atomic mass is 35.5. The molecule has 0 amide bonds.